The van der Waals surface area contributed by atoms with Crippen molar-refractivity contribution in [2.45, 2.75) is 135 Å². The van der Waals surface area contributed by atoms with E-state index >= 15 is 0 Å². The molecular formula is C34H54FeP2. The average molecular weight is 581 g/mol. The molecule has 2 aliphatic carbocycles. The molecule has 3 atom stereocenters. The van der Waals surface area contributed by atoms with Gasteiger partial charge in [0.25, 0.3) is 0 Å². The van der Waals surface area contributed by atoms with Gasteiger partial charge in [-0.1, -0.05) is 143 Å². The van der Waals surface area contributed by atoms with Crippen LogP contribution in [0.15, 0.2) is 48.5 Å². The van der Waals surface area contributed by atoms with Crippen LogP contribution in [0, 0.1) is 19.8 Å². The third-order valence-corrected chi connectivity index (χ3v) is 15.8. The minimum absolute atomic E-state index is 0. The van der Waals surface area contributed by atoms with Crippen LogP contribution in [0.4, 0.5) is 0 Å². The summed E-state index contributed by atoms with van der Waals surface area (Å²) in [5, 5.41) is 3.99. The van der Waals surface area contributed by atoms with Crippen molar-refractivity contribution in [2.24, 2.45) is 5.92 Å². The van der Waals surface area contributed by atoms with E-state index in [1.165, 1.54) is 62.5 Å². The van der Waals surface area contributed by atoms with Crippen molar-refractivity contribution >= 4 is 26.5 Å². The van der Waals surface area contributed by atoms with E-state index in [0.717, 1.165) is 11.6 Å². The molecule has 0 aliphatic heterocycles. The van der Waals surface area contributed by atoms with E-state index in [1.807, 2.05) is 0 Å². The first-order valence-corrected chi connectivity index (χ1v) is 17.4. The Morgan fingerprint density at radius 2 is 1.05 bits per heavy atom. The van der Waals surface area contributed by atoms with Crippen molar-refractivity contribution in [1.29, 1.82) is 0 Å². The van der Waals surface area contributed by atoms with Crippen LogP contribution in [0.1, 0.15) is 111 Å². The third-order valence-electron chi connectivity index (χ3n) is 8.34. The van der Waals surface area contributed by atoms with Gasteiger partial charge in [-0.2, -0.15) is 0 Å². The number of aryl methyl sites for hydroxylation is 2. The van der Waals surface area contributed by atoms with Crippen molar-refractivity contribution in [3.63, 3.8) is 0 Å². The minimum Gasteiger partial charge on any atom is -0.0921 e. The van der Waals surface area contributed by atoms with Crippen LogP contribution in [-0.4, -0.2) is 21.6 Å². The zero-order valence-corrected chi connectivity index (χ0v) is 28.1. The Morgan fingerprint density at radius 1 is 0.649 bits per heavy atom. The molecule has 37 heavy (non-hydrogen) atoms. The number of hydrogen-bond donors (Lipinski definition) is 0. The van der Waals surface area contributed by atoms with Gasteiger partial charge in [-0.15, -0.1) is 0 Å². The normalized spacial score (nSPS) is 20.9. The van der Waals surface area contributed by atoms with E-state index in [2.05, 4.69) is 111 Å². The number of rotatable bonds is 5. The summed E-state index contributed by atoms with van der Waals surface area (Å²) < 4.78 is 0. The fourth-order valence-corrected chi connectivity index (χ4v) is 15.8. The second-order valence-corrected chi connectivity index (χ2v) is 19.9. The summed E-state index contributed by atoms with van der Waals surface area (Å²) in [4.78, 5) is 0. The van der Waals surface area contributed by atoms with Crippen molar-refractivity contribution in [3.05, 3.63) is 59.7 Å². The van der Waals surface area contributed by atoms with Crippen LogP contribution in [-0.2, 0) is 17.1 Å². The van der Waals surface area contributed by atoms with Gasteiger partial charge in [-0.3, -0.25) is 0 Å². The minimum atomic E-state index is -0.378. The molecule has 3 heteroatoms. The molecule has 0 heterocycles. The molecule has 2 unspecified atom stereocenters. The van der Waals surface area contributed by atoms with Gasteiger partial charge in [0.15, 0.2) is 0 Å². The van der Waals surface area contributed by atoms with Gasteiger partial charge < -0.3 is 0 Å². The average Bonchev–Trinajstić information content (AvgIpc) is 3.50. The van der Waals surface area contributed by atoms with Gasteiger partial charge in [0.05, 0.1) is 0 Å². The molecule has 4 rings (SSSR count). The predicted octanol–water partition coefficient (Wildman–Crippen LogP) is 10.3. The summed E-state index contributed by atoms with van der Waals surface area (Å²) in [7, 11) is -0.461. The monoisotopic (exact) mass is 580 g/mol. The van der Waals surface area contributed by atoms with Crippen molar-refractivity contribution in [1.82, 2.24) is 0 Å². The molecule has 0 N–H and O–H groups in total. The Bertz CT molecular complexity index is 884. The molecule has 2 aromatic carbocycles. The molecule has 2 aliphatic rings. The molecule has 0 radical (unpaired) electrons. The van der Waals surface area contributed by atoms with E-state index in [1.54, 1.807) is 10.6 Å². The summed E-state index contributed by atoms with van der Waals surface area (Å²) in [6, 6.07) is 18.4. The summed E-state index contributed by atoms with van der Waals surface area (Å²) in [6.45, 7) is 22.3. The predicted molar refractivity (Wildman–Crippen MR) is 169 cm³/mol. The standard InChI is InChI=1S/C29H44P2.C5H10.Fe/c1-21-15-10-12-18-25(21)30(26-19-13-11-16-22(26)2)23(3)24-17-14-20-27(24)31(28(4,5)6)29(7,8)9;1-2-4-5-3-1;/h10-13,15-16,18-19,23-24,27H,14,17,20H2,1-9H3;1-5H2;/t23-,24?,27?;;/m1../s1. The van der Waals surface area contributed by atoms with E-state index in [9.17, 15) is 0 Å². The zero-order valence-electron chi connectivity index (χ0n) is 25.3. The molecule has 0 amide bonds. The van der Waals surface area contributed by atoms with Crippen LogP contribution in [0.5, 0.6) is 0 Å². The molecule has 0 spiro atoms. The fourth-order valence-electron chi connectivity index (χ4n) is 7.16. The van der Waals surface area contributed by atoms with Crippen molar-refractivity contribution in [2.75, 3.05) is 0 Å². The first-order chi connectivity index (χ1) is 16.9. The maximum atomic E-state index is 2.60. The molecule has 0 bridgehead atoms. The Labute approximate surface area is 243 Å². The molecule has 0 nitrogen and oxygen atoms in total. The maximum Gasteiger partial charge on any atom is 0 e. The third kappa shape index (κ3) is 8.65. The second kappa shape index (κ2) is 14.5. The Balaban J connectivity index is 0.000000716. The largest absolute Gasteiger partial charge is 0.0921 e. The Kier molecular flexibility index (Phi) is 12.9. The van der Waals surface area contributed by atoms with Crippen LogP contribution >= 0.6 is 15.8 Å². The van der Waals surface area contributed by atoms with Gasteiger partial charge in [-0.05, 0) is 83.9 Å². The Morgan fingerprint density at radius 3 is 1.43 bits per heavy atom. The van der Waals surface area contributed by atoms with Gasteiger partial charge in [0.1, 0.15) is 0 Å². The fraction of sp³-hybridized carbons (Fsp3) is 0.647. The topological polar surface area (TPSA) is 0 Å². The van der Waals surface area contributed by atoms with Crippen molar-refractivity contribution in [3.8, 4) is 0 Å². The first-order valence-electron chi connectivity index (χ1n) is 14.6. The van der Waals surface area contributed by atoms with Gasteiger partial charge in [0.2, 0.25) is 0 Å². The summed E-state index contributed by atoms with van der Waals surface area (Å²) in [5.41, 5.74) is 4.52. The summed E-state index contributed by atoms with van der Waals surface area (Å²) in [6.07, 6.45) is 11.8. The molecule has 208 valence electrons. The second-order valence-electron chi connectivity index (χ2n) is 13.3. The van der Waals surface area contributed by atoms with E-state index in [0.29, 0.717) is 16.0 Å². The van der Waals surface area contributed by atoms with E-state index in [-0.39, 0.29) is 32.9 Å². The first kappa shape index (κ1) is 33.0. The van der Waals surface area contributed by atoms with Crippen LogP contribution in [0.3, 0.4) is 0 Å². The SMILES string of the molecule is C1CCCC1.Cc1ccccc1P(c1ccccc1C)[C@H](C)C1CCCC1P(C(C)(C)C)C(C)(C)C.[Fe]. The van der Waals surface area contributed by atoms with Gasteiger partial charge >= 0.3 is 0 Å². The summed E-state index contributed by atoms with van der Waals surface area (Å²) in [5.74, 6) is 0.829. The van der Waals surface area contributed by atoms with Crippen LogP contribution in [0.2, 0.25) is 0 Å². The Hall–Kier alpha value is -0.181. The zero-order chi connectivity index (χ0) is 26.5. The number of hydrogen-bond acceptors (Lipinski definition) is 0. The molecule has 2 saturated carbocycles. The number of benzene rings is 2. The molecule has 0 aromatic heterocycles. The van der Waals surface area contributed by atoms with Crippen molar-refractivity contribution < 1.29 is 17.1 Å². The van der Waals surface area contributed by atoms with E-state index in [4.69, 9.17) is 0 Å². The summed E-state index contributed by atoms with van der Waals surface area (Å²) >= 11 is 0. The molecule has 2 aromatic rings. The molecule has 0 saturated heterocycles. The molecule has 2 fully saturated rings. The maximum absolute atomic E-state index is 2.60. The molecular weight excluding hydrogens is 526 g/mol. The van der Waals surface area contributed by atoms with Crippen LogP contribution < -0.4 is 10.6 Å². The van der Waals surface area contributed by atoms with Gasteiger partial charge in [0, 0.05) is 17.1 Å². The quantitative estimate of drug-likeness (QED) is 0.244. The van der Waals surface area contributed by atoms with Crippen LogP contribution in [0.25, 0.3) is 0 Å². The smallest absolute Gasteiger partial charge is 0 e. The van der Waals surface area contributed by atoms with Gasteiger partial charge in [-0.25, -0.2) is 0 Å². The van der Waals surface area contributed by atoms with E-state index < -0.39 is 0 Å².